The number of carbonyl (C=O) groups excluding carboxylic acids is 2. The van der Waals surface area contributed by atoms with Gasteiger partial charge in [-0.15, -0.1) is 0 Å². The Morgan fingerprint density at radius 3 is 2.50 bits per heavy atom. The quantitative estimate of drug-likeness (QED) is 0.705. The van der Waals surface area contributed by atoms with Crippen LogP contribution >= 0.6 is 0 Å². The first-order chi connectivity index (χ1) is 14.5. The van der Waals surface area contributed by atoms with Crippen LogP contribution in [0.1, 0.15) is 40.2 Å². The van der Waals surface area contributed by atoms with Crippen molar-refractivity contribution in [3.05, 3.63) is 71.1 Å². The van der Waals surface area contributed by atoms with Gasteiger partial charge in [-0.05, 0) is 37.5 Å². The number of aromatic nitrogens is 2. The van der Waals surface area contributed by atoms with Crippen molar-refractivity contribution < 1.29 is 14.1 Å². The predicted octanol–water partition coefficient (Wildman–Crippen LogP) is 3.27. The van der Waals surface area contributed by atoms with Gasteiger partial charge >= 0.3 is 0 Å². The number of nitrogens with one attached hydrogen (secondary N) is 1. The second kappa shape index (κ2) is 8.49. The van der Waals surface area contributed by atoms with E-state index in [-0.39, 0.29) is 11.8 Å². The number of benzene rings is 2. The first-order valence-corrected chi connectivity index (χ1v) is 10.1. The van der Waals surface area contributed by atoms with Crippen molar-refractivity contribution in [2.75, 3.05) is 6.54 Å². The Hall–Kier alpha value is -3.48. The third-order valence-electron chi connectivity index (χ3n) is 5.32. The fraction of sp³-hybridized carbons (Fsp3) is 0.304. The molecule has 2 aromatic carbocycles. The first-order valence-electron chi connectivity index (χ1n) is 10.1. The molecule has 4 rings (SSSR count). The number of amides is 2. The average molecular weight is 404 g/mol. The fourth-order valence-electron chi connectivity index (χ4n) is 3.64. The van der Waals surface area contributed by atoms with Gasteiger partial charge in [0.15, 0.2) is 0 Å². The summed E-state index contributed by atoms with van der Waals surface area (Å²) in [5.74, 6) is 0.724. The maximum atomic E-state index is 13.0. The van der Waals surface area contributed by atoms with Crippen LogP contribution in [0.25, 0.3) is 11.4 Å². The van der Waals surface area contributed by atoms with Crippen molar-refractivity contribution in [1.29, 1.82) is 0 Å². The van der Waals surface area contributed by atoms with Crippen LogP contribution in [-0.2, 0) is 11.3 Å². The molecule has 1 fully saturated rings. The smallest absolute Gasteiger partial charge is 0.254 e. The number of likely N-dealkylation sites (tertiary alicyclic amines) is 1. The number of aryl methyl sites for hydroxylation is 2. The third-order valence-corrected chi connectivity index (χ3v) is 5.32. The molecule has 0 radical (unpaired) electrons. The molecule has 0 saturated carbocycles. The molecule has 0 bridgehead atoms. The molecule has 0 aliphatic carbocycles. The summed E-state index contributed by atoms with van der Waals surface area (Å²) < 4.78 is 5.00. The number of rotatable bonds is 5. The lowest BCUT2D eigenvalue weighted by atomic mass is 10.1. The summed E-state index contributed by atoms with van der Waals surface area (Å²) in [4.78, 5) is 31.6. The van der Waals surface area contributed by atoms with E-state index in [2.05, 4.69) is 15.5 Å². The third kappa shape index (κ3) is 4.25. The Labute approximate surface area is 175 Å². The van der Waals surface area contributed by atoms with Gasteiger partial charge in [-0.1, -0.05) is 47.1 Å². The topological polar surface area (TPSA) is 88.3 Å². The molecule has 2 amide bonds. The molecule has 7 heteroatoms. The number of nitrogens with zero attached hydrogens (tertiary/aromatic N) is 3. The summed E-state index contributed by atoms with van der Waals surface area (Å²) in [7, 11) is 0. The van der Waals surface area contributed by atoms with E-state index in [4.69, 9.17) is 4.52 Å². The Balaban J connectivity index is 1.41. The van der Waals surface area contributed by atoms with E-state index in [1.54, 1.807) is 36.1 Å². The first kappa shape index (κ1) is 19.8. The van der Waals surface area contributed by atoms with Crippen LogP contribution in [0.2, 0.25) is 0 Å². The van der Waals surface area contributed by atoms with Crippen molar-refractivity contribution >= 4 is 11.8 Å². The largest absolute Gasteiger partial charge is 0.350 e. The highest BCUT2D eigenvalue weighted by Crippen LogP contribution is 2.22. The van der Waals surface area contributed by atoms with Gasteiger partial charge in [0.1, 0.15) is 6.04 Å². The lowest BCUT2D eigenvalue weighted by molar-refractivity contribution is -0.125. The van der Waals surface area contributed by atoms with Gasteiger partial charge in [0.2, 0.25) is 17.6 Å². The highest BCUT2D eigenvalue weighted by molar-refractivity contribution is 5.98. The maximum absolute atomic E-state index is 13.0. The Morgan fingerprint density at radius 2 is 1.83 bits per heavy atom. The molecule has 1 aromatic heterocycles. The molecule has 7 nitrogen and oxygen atoms in total. The summed E-state index contributed by atoms with van der Waals surface area (Å²) in [6.07, 6.45) is 1.49. The van der Waals surface area contributed by atoms with Gasteiger partial charge in [-0.2, -0.15) is 4.98 Å². The highest BCUT2D eigenvalue weighted by Gasteiger charge is 2.34. The number of hydrogen-bond donors (Lipinski definition) is 1. The van der Waals surface area contributed by atoms with E-state index in [9.17, 15) is 9.59 Å². The zero-order chi connectivity index (χ0) is 21.1. The van der Waals surface area contributed by atoms with Gasteiger partial charge in [0.05, 0.1) is 0 Å². The average Bonchev–Trinajstić information content (AvgIpc) is 3.42. The minimum Gasteiger partial charge on any atom is -0.350 e. The zero-order valence-electron chi connectivity index (χ0n) is 17.1. The molecule has 1 aliphatic heterocycles. The highest BCUT2D eigenvalue weighted by atomic mass is 16.5. The number of carbonyl (C=O) groups is 2. The Bertz CT molecular complexity index is 1040. The molecule has 30 heavy (non-hydrogen) atoms. The summed E-state index contributed by atoms with van der Waals surface area (Å²) in [6, 6.07) is 14.7. The van der Waals surface area contributed by atoms with Crippen LogP contribution in [0.5, 0.6) is 0 Å². The second-order valence-corrected chi connectivity index (χ2v) is 7.57. The summed E-state index contributed by atoms with van der Waals surface area (Å²) in [5.41, 5.74) is 3.53. The van der Waals surface area contributed by atoms with Crippen LogP contribution < -0.4 is 5.32 Å². The van der Waals surface area contributed by atoms with Crippen molar-refractivity contribution in [2.45, 2.75) is 39.3 Å². The fourth-order valence-corrected chi connectivity index (χ4v) is 3.64. The van der Waals surface area contributed by atoms with Crippen LogP contribution in [0, 0.1) is 13.8 Å². The molecular formula is C23H24N4O3. The van der Waals surface area contributed by atoms with Crippen molar-refractivity contribution in [2.24, 2.45) is 0 Å². The van der Waals surface area contributed by atoms with Crippen molar-refractivity contribution in [3.63, 3.8) is 0 Å². The molecule has 1 aliphatic rings. The van der Waals surface area contributed by atoms with E-state index in [0.29, 0.717) is 36.8 Å². The van der Waals surface area contributed by atoms with Gasteiger partial charge in [0.25, 0.3) is 5.91 Å². The molecule has 0 unspecified atom stereocenters. The standard InChI is InChI=1S/C23H24N4O3/c1-15-5-7-17(8-6-15)14-24-22(28)20-4-3-13-27(20)23(29)19-11-9-18(10-12-19)21-25-16(2)30-26-21/h5-12,20H,3-4,13-14H2,1-2H3,(H,24,28)/t20-/m0/s1. The van der Waals surface area contributed by atoms with Crippen LogP contribution in [0.3, 0.4) is 0 Å². The van der Waals surface area contributed by atoms with E-state index in [1.165, 1.54) is 5.56 Å². The summed E-state index contributed by atoms with van der Waals surface area (Å²) >= 11 is 0. The minimum atomic E-state index is -0.442. The van der Waals surface area contributed by atoms with Crippen LogP contribution in [0.4, 0.5) is 0 Å². The Morgan fingerprint density at radius 1 is 1.10 bits per heavy atom. The van der Waals surface area contributed by atoms with Gasteiger partial charge in [0, 0.05) is 31.1 Å². The number of hydrogen-bond acceptors (Lipinski definition) is 5. The second-order valence-electron chi connectivity index (χ2n) is 7.57. The van der Waals surface area contributed by atoms with Crippen LogP contribution in [0.15, 0.2) is 53.1 Å². The molecule has 2 heterocycles. The lowest BCUT2D eigenvalue weighted by Gasteiger charge is -2.24. The molecule has 154 valence electrons. The Kier molecular flexibility index (Phi) is 5.61. The van der Waals surface area contributed by atoms with Gasteiger partial charge in [-0.25, -0.2) is 0 Å². The molecule has 1 atom stereocenters. The van der Waals surface area contributed by atoms with Gasteiger partial charge in [-0.3, -0.25) is 9.59 Å². The molecule has 1 N–H and O–H groups in total. The van der Waals surface area contributed by atoms with E-state index < -0.39 is 6.04 Å². The van der Waals surface area contributed by atoms with E-state index in [0.717, 1.165) is 17.5 Å². The monoisotopic (exact) mass is 404 g/mol. The maximum Gasteiger partial charge on any atom is 0.254 e. The van der Waals surface area contributed by atoms with Crippen molar-refractivity contribution in [1.82, 2.24) is 20.4 Å². The van der Waals surface area contributed by atoms with E-state index >= 15 is 0 Å². The lowest BCUT2D eigenvalue weighted by Crippen LogP contribution is -2.45. The zero-order valence-corrected chi connectivity index (χ0v) is 17.1. The SMILES string of the molecule is Cc1ccc(CNC(=O)[C@@H]2CCCN2C(=O)c2ccc(-c3noc(C)n3)cc2)cc1. The summed E-state index contributed by atoms with van der Waals surface area (Å²) in [6.45, 7) is 4.79. The minimum absolute atomic E-state index is 0.111. The predicted molar refractivity (Wildman–Crippen MR) is 112 cm³/mol. The molecule has 3 aromatic rings. The summed E-state index contributed by atoms with van der Waals surface area (Å²) in [5, 5.41) is 6.86. The molecule has 0 spiro atoms. The van der Waals surface area contributed by atoms with E-state index in [1.807, 2.05) is 31.2 Å². The van der Waals surface area contributed by atoms with Gasteiger partial charge < -0.3 is 14.7 Å². The van der Waals surface area contributed by atoms with Crippen molar-refractivity contribution in [3.8, 4) is 11.4 Å². The normalized spacial score (nSPS) is 15.9. The molecule has 1 saturated heterocycles. The molecular weight excluding hydrogens is 380 g/mol. The van der Waals surface area contributed by atoms with Crippen LogP contribution in [-0.4, -0.2) is 39.4 Å².